The number of carbonyl (C=O) groups excluding carboxylic acids is 6. The number of nitrogens with zero attached hydrogens (tertiary/aromatic N) is 3. The maximum atomic E-state index is 11.8. The Bertz CT molecular complexity index is 1140. The van der Waals surface area contributed by atoms with Crippen LogP contribution in [0.4, 0.5) is 0 Å². The summed E-state index contributed by atoms with van der Waals surface area (Å²) >= 11 is 0. The number of hydrogen-bond acceptors (Lipinski definition) is 15. The third-order valence-electron chi connectivity index (χ3n) is 6.84. The summed E-state index contributed by atoms with van der Waals surface area (Å²) in [5.74, 6) is -10.7. The fourth-order valence-electron chi connectivity index (χ4n) is 4.75. The molecule has 0 aliphatic carbocycles. The third-order valence-corrected chi connectivity index (χ3v) is 6.84. The van der Waals surface area contributed by atoms with Gasteiger partial charge in [-0.25, -0.2) is 0 Å². The molecule has 0 amide bonds. The summed E-state index contributed by atoms with van der Waals surface area (Å²) in [7, 11) is 0. The molecule has 294 valence electrons. The average Bonchev–Trinajstić information content (AvgIpc) is 3.04. The van der Waals surface area contributed by atoms with Gasteiger partial charge in [0.15, 0.2) is 11.8 Å². The Morgan fingerprint density at radius 3 is 0.792 bits per heavy atom. The van der Waals surface area contributed by atoms with Crippen LogP contribution in [0, 0.1) is 87.3 Å². The van der Waals surface area contributed by atoms with Gasteiger partial charge in [0, 0.05) is 0 Å². The van der Waals surface area contributed by atoms with E-state index in [9.17, 15) is 33.9 Å². The number of ether oxygens (including phenoxy) is 5. The van der Waals surface area contributed by atoms with Crippen LogP contribution in [-0.4, -0.2) is 68.9 Å². The molecule has 0 bridgehead atoms. The zero-order chi connectivity index (χ0) is 41.0. The number of carboxylic acids is 1. The topological polar surface area (TPSA) is 243 Å². The Kier molecular flexibility index (Phi) is 35.8. The van der Waals surface area contributed by atoms with Crippen LogP contribution < -0.4 is 56.5 Å². The molecular formula is C37H58KN3O12. The molecule has 53 heavy (non-hydrogen) atoms. The van der Waals surface area contributed by atoms with Crippen LogP contribution in [0.25, 0.3) is 0 Å². The minimum atomic E-state index is -1.55. The molecular weight excluding hydrogens is 718 g/mol. The van der Waals surface area contributed by atoms with E-state index in [0.717, 1.165) is 0 Å². The van der Waals surface area contributed by atoms with E-state index in [4.69, 9.17) is 34.7 Å². The number of rotatable bonds is 20. The summed E-state index contributed by atoms with van der Waals surface area (Å²) in [6, 6.07) is 5.85. The SMILES string of the molecule is CCOC(=O)C(C(=O)OCC)C(C#N)CC(C)C.CCOC(=O)C(C(=O)OCC)[C@H](C#N)CC(C)C.CCOC(=O)C(C(=O)[O-])[C@@H](C#N)CC(C)C.[K+]. The molecule has 0 saturated heterocycles. The minimum Gasteiger partial charge on any atom is -0.549 e. The average molecular weight is 776 g/mol. The first-order valence-electron chi connectivity index (χ1n) is 17.6. The van der Waals surface area contributed by atoms with Gasteiger partial charge < -0.3 is 33.6 Å². The van der Waals surface area contributed by atoms with Gasteiger partial charge in [-0.05, 0) is 71.6 Å². The monoisotopic (exact) mass is 775 g/mol. The predicted molar refractivity (Wildman–Crippen MR) is 184 cm³/mol. The van der Waals surface area contributed by atoms with E-state index >= 15 is 0 Å². The molecule has 0 spiro atoms. The molecule has 0 aromatic rings. The third kappa shape index (κ3) is 24.8. The molecule has 16 heteroatoms. The van der Waals surface area contributed by atoms with Crippen LogP contribution in [0.2, 0.25) is 0 Å². The van der Waals surface area contributed by atoms with Crippen molar-refractivity contribution in [2.24, 2.45) is 53.3 Å². The number of carbonyl (C=O) groups is 6. The second-order valence-corrected chi connectivity index (χ2v) is 12.6. The van der Waals surface area contributed by atoms with Crippen molar-refractivity contribution in [2.75, 3.05) is 33.0 Å². The van der Waals surface area contributed by atoms with E-state index in [1.54, 1.807) is 34.6 Å². The van der Waals surface area contributed by atoms with Crippen molar-refractivity contribution < 1.29 is 109 Å². The molecule has 4 atom stereocenters. The zero-order valence-corrected chi connectivity index (χ0v) is 36.7. The van der Waals surface area contributed by atoms with Gasteiger partial charge in [-0.2, -0.15) is 15.8 Å². The first kappa shape index (κ1) is 56.7. The summed E-state index contributed by atoms with van der Waals surface area (Å²) in [6.45, 7) is 20.4. The Morgan fingerprint density at radius 2 is 0.642 bits per heavy atom. The standard InChI is InChI=1S/2C13H21NO4.C11H17NO4.K/c2*1-5-17-12(15)11(13(16)18-6-2)10(8-14)7-9(3)4;1-4-16-11(15)9(10(13)14)8(6-12)5-7(2)3;/h2*9-11H,5-7H2,1-4H3;7-9H,4-5H2,1-3H3,(H,13,14);/q;;;+1/p-1/t10-;;8-,9?;/m0.1./s1. The maximum absolute atomic E-state index is 11.8. The van der Waals surface area contributed by atoms with Gasteiger partial charge in [0.25, 0.3) is 0 Å². The molecule has 0 N–H and O–H groups in total. The van der Waals surface area contributed by atoms with Crippen molar-refractivity contribution in [1.29, 1.82) is 15.8 Å². The number of carboxylic acid groups (broad SMARTS) is 1. The van der Waals surface area contributed by atoms with E-state index in [2.05, 4.69) is 4.74 Å². The smallest absolute Gasteiger partial charge is 0.549 e. The Balaban J connectivity index is -0.000000337. The fourth-order valence-corrected chi connectivity index (χ4v) is 4.75. The molecule has 15 nitrogen and oxygen atoms in total. The van der Waals surface area contributed by atoms with Crippen LogP contribution in [0.15, 0.2) is 0 Å². The van der Waals surface area contributed by atoms with Crippen molar-refractivity contribution >= 4 is 35.8 Å². The quantitative estimate of drug-likeness (QED) is 0.0723. The molecule has 0 aliphatic heterocycles. The van der Waals surface area contributed by atoms with Gasteiger partial charge in [0.1, 0.15) is 5.92 Å². The molecule has 0 heterocycles. The summed E-state index contributed by atoms with van der Waals surface area (Å²) < 4.78 is 24.0. The second kappa shape index (κ2) is 33.5. The molecule has 0 radical (unpaired) electrons. The molecule has 0 rings (SSSR count). The van der Waals surface area contributed by atoms with E-state index in [1.807, 2.05) is 59.8 Å². The molecule has 0 fully saturated rings. The van der Waals surface area contributed by atoms with E-state index in [1.165, 1.54) is 0 Å². The Morgan fingerprint density at radius 1 is 0.453 bits per heavy atom. The van der Waals surface area contributed by atoms with E-state index < -0.39 is 71.3 Å². The first-order valence-corrected chi connectivity index (χ1v) is 17.6. The molecule has 0 aromatic heterocycles. The Hall–Kier alpha value is -3.07. The van der Waals surface area contributed by atoms with Gasteiger partial charge >= 0.3 is 81.2 Å². The van der Waals surface area contributed by atoms with Gasteiger partial charge in [0.05, 0.1) is 75.0 Å². The van der Waals surface area contributed by atoms with E-state index in [-0.39, 0.29) is 102 Å². The van der Waals surface area contributed by atoms with Gasteiger partial charge in [0.2, 0.25) is 0 Å². The molecule has 2 unspecified atom stereocenters. The van der Waals surface area contributed by atoms with Crippen LogP contribution in [-0.2, 0) is 52.5 Å². The van der Waals surface area contributed by atoms with Crippen molar-refractivity contribution in [3.63, 3.8) is 0 Å². The largest absolute Gasteiger partial charge is 1.00 e. The Labute approximate surface area is 357 Å². The molecule has 0 aliphatic rings. The number of aliphatic carboxylic acids is 1. The summed E-state index contributed by atoms with van der Waals surface area (Å²) in [4.78, 5) is 69.3. The number of esters is 5. The van der Waals surface area contributed by atoms with Crippen molar-refractivity contribution in [2.45, 2.75) is 95.4 Å². The zero-order valence-electron chi connectivity index (χ0n) is 33.6. The normalized spacial score (nSPS) is 12.4. The predicted octanol–water partition coefficient (Wildman–Crippen LogP) is 0.935. The second-order valence-electron chi connectivity index (χ2n) is 12.6. The van der Waals surface area contributed by atoms with Gasteiger partial charge in [-0.1, -0.05) is 41.5 Å². The first-order chi connectivity index (χ1) is 24.4. The van der Waals surface area contributed by atoms with Gasteiger partial charge in [-0.15, -0.1) is 0 Å². The summed E-state index contributed by atoms with van der Waals surface area (Å²) in [5.41, 5.74) is 0. The maximum Gasteiger partial charge on any atom is 1.00 e. The fraction of sp³-hybridized carbons (Fsp3) is 0.757. The van der Waals surface area contributed by atoms with Crippen molar-refractivity contribution in [1.82, 2.24) is 0 Å². The summed E-state index contributed by atoms with van der Waals surface area (Å²) in [6.07, 6.45) is 1.24. The molecule has 0 aromatic carbocycles. The van der Waals surface area contributed by atoms with Crippen LogP contribution >= 0.6 is 0 Å². The van der Waals surface area contributed by atoms with Crippen LogP contribution in [0.3, 0.4) is 0 Å². The molecule has 0 saturated carbocycles. The summed E-state index contributed by atoms with van der Waals surface area (Å²) in [5, 5.41) is 37.9. The van der Waals surface area contributed by atoms with Crippen molar-refractivity contribution in [3.8, 4) is 18.2 Å². The van der Waals surface area contributed by atoms with Crippen molar-refractivity contribution in [3.05, 3.63) is 0 Å². The van der Waals surface area contributed by atoms with Crippen LogP contribution in [0.5, 0.6) is 0 Å². The number of nitriles is 3. The minimum absolute atomic E-state index is 0. The van der Waals surface area contributed by atoms with Gasteiger partial charge in [-0.3, -0.25) is 24.0 Å². The number of hydrogen-bond donors (Lipinski definition) is 0. The van der Waals surface area contributed by atoms with Crippen LogP contribution in [0.1, 0.15) is 95.4 Å². The van der Waals surface area contributed by atoms with E-state index in [0.29, 0.717) is 19.3 Å².